The van der Waals surface area contributed by atoms with Gasteiger partial charge in [0.15, 0.2) is 0 Å². The molecule has 8 heteroatoms. The maximum atomic E-state index is 12.3. The molecule has 0 spiro atoms. The number of furan rings is 1. The molecule has 0 atom stereocenters. The quantitative estimate of drug-likeness (QED) is 0.737. The third-order valence-corrected chi connectivity index (χ3v) is 4.41. The van der Waals surface area contributed by atoms with Crippen LogP contribution in [0.4, 0.5) is 11.8 Å². The van der Waals surface area contributed by atoms with Gasteiger partial charge in [0.25, 0.3) is 5.91 Å². The highest BCUT2D eigenvalue weighted by Crippen LogP contribution is 2.16. The SMILES string of the molecule is O=C(NCc1ccco1)c1ccnc(N2CCN(c3ccccn3)CC2)n1. The van der Waals surface area contributed by atoms with Crippen LogP contribution < -0.4 is 15.1 Å². The van der Waals surface area contributed by atoms with E-state index in [2.05, 4.69) is 30.1 Å². The van der Waals surface area contributed by atoms with Crippen molar-refractivity contribution in [2.45, 2.75) is 6.54 Å². The zero-order valence-corrected chi connectivity index (χ0v) is 14.8. The second kappa shape index (κ2) is 7.86. The fourth-order valence-corrected chi connectivity index (χ4v) is 2.97. The summed E-state index contributed by atoms with van der Waals surface area (Å²) in [7, 11) is 0. The summed E-state index contributed by atoms with van der Waals surface area (Å²) >= 11 is 0. The average Bonchev–Trinajstić information content (AvgIpc) is 3.27. The second-order valence-corrected chi connectivity index (χ2v) is 6.17. The number of hydrogen-bond donors (Lipinski definition) is 1. The van der Waals surface area contributed by atoms with Gasteiger partial charge in [-0.25, -0.2) is 15.0 Å². The predicted octanol–water partition coefficient (Wildman–Crippen LogP) is 1.72. The number of rotatable bonds is 5. The largest absolute Gasteiger partial charge is 0.467 e. The van der Waals surface area contributed by atoms with E-state index in [1.165, 1.54) is 0 Å². The molecule has 27 heavy (non-hydrogen) atoms. The molecule has 1 amide bonds. The zero-order valence-electron chi connectivity index (χ0n) is 14.8. The summed E-state index contributed by atoms with van der Waals surface area (Å²) in [6, 6.07) is 11.1. The molecule has 3 aromatic rings. The van der Waals surface area contributed by atoms with Gasteiger partial charge in [0.05, 0.1) is 12.8 Å². The number of nitrogens with zero attached hydrogens (tertiary/aromatic N) is 5. The van der Waals surface area contributed by atoms with Crippen molar-refractivity contribution in [2.75, 3.05) is 36.0 Å². The van der Waals surface area contributed by atoms with E-state index in [-0.39, 0.29) is 5.91 Å². The van der Waals surface area contributed by atoms with E-state index in [1.807, 2.05) is 24.3 Å². The molecule has 1 saturated heterocycles. The predicted molar refractivity (Wildman–Crippen MR) is 101 cm³/mol. The number of piperazine rings is 1. The number of aromatic nitrogens is 3. The Hall–Kier alpha value is -3.42. The lowest BCUT2D eigenvalue weighted by atomic mass is 10.3. The van der Waals surface area contributed by atoms with Crippen LogP contribution in [0.5, 0.6) is 0 Å². The first-order valence-electron chi connectivity index (χ1n) is 8.84. The number of carbonyl (C=O) groups is 1. The maximum absolute atomic E-state index is 12.3. The zero-order chi connectivity index (χ0) is 18.5. The van der Waals surface area contributed by atoms with E-state index in [9.17, 15) is 4.79 Å². The van der Waals surface area contributed by atoms with E-state index in [0.717, 1.165) is 32.0 Å². The summed E-state index contributed by atoms with van der Waals surface area (Å²) in [6.45, 7) is 3.53. The number of pyridine rings is 1. The van der Waals surface area contributed by atoms with E-state index < -0.39 is 0 Å². The molecule has 138 valence electrons. The third-order valence-electron chi connectivity index (χ3n) is 4.41. The van der Waals surface area contributed by atoms with Crippen LogP contribution in [0.3, 0.4) is 0 Å². The Kier molecular flexibility index (Phi) is 4.95. The first kappa shape index (κ1) is 17.0. The minimum atomic E-state index is -0.248. The van der Waals surface area contributed by atoms with Gasteiger partial charge < -0.3 is 19.5 Å². The Balaban J connectivity index is 1.37. The average molecular weight is 364 g/mol. The number of amides is 1. The van der Waals surface area contributed by atoms with E-state index in [1.54, 1.807) is 30.8 Å². The fourth-order valence-electron chi connectivity index (χ4n) is 2.97. The van der Waals surface area contributed by atoms with Crippen molar-refractivity contribution >= 4 is 17.7 Å². The van der Waals surface area contributed by atoms with Crippen molar-refractivity contribution in [3.63, 3.8) is 0 Å². The number of hydrogen-bond acceptors (Lipinski definition) is 7. The minimum absolute atomic E-state index is 0.248. The van der Waals surface area contributed by atoms with Gasteiger partial charge in [-0.1, -0.05) is 6.07 Å². The number of carbonyl (C=O) groups excluding carboxylic acids is 1. The standard InChI is InChI=1S/C19H20N6O2/c26-18(22-14-15-4-3-13-27-15)16-6-8-21-19(23-16)25-11-9-24(10-12-25)17-5-1-2-7-20-17/h1-8,13H,9-12,14H2,(H,22,26). The number of nitrogens with one attached hydrogen (secondary N) is 1. The Morgan fingerprint density at radius 1 is 1.00 bits per heavy atom. The molecule has 0 aromatic carbocycles. The number of anilines is 2. The molecule has 0 aliphatic carbocycles. The highest BCUT2D eigenvalue weighted by atomic mass is 16.3. The van der Waals surface area contributed by atoms with Crippen molar-refractivity contribution in [1.29, 1.82) is 0 Å². The molecule has 1 aliphatic rings. The van der Waals surface area contributed by atoms with E-state index in [0.29, 0.717) is 23.9 Å². The first-order valence-corrected chi connectivity index (χ1v) is 8.84. The molecule has 0 saturated carbocycles. The summed E-state index contributed by atoms with van der Waals surface area (Å²) in [6.07, 6.45) is 5.00. The van der Waals surface area contributed by atoms with E-state index >= 15 is 0 Å². The van der Waals surface area contributed by atoms with Gasteiger partial charge in [0, 0.05) is 38.6 Å². The van der Waals surface area contributed by atoms with Crippen molar-refractivity contribution in [3.8, 4) is 0 Å². The molecule has 0 bridgehead atoms. The Morgan fingerprint density at radius 2 is 1.85 bits per heavy atom. The molecule has 0 radical (unpaired) electrons. The van der Waals surface area contributed by atoms with Crippen molar-refractivity contribution in [3.05, 3.63) is 66.5 Å². The molecule has 8 nitrogen and oxygen atoms in total. The molecule has 1 aliphatic heterocycles. The molecule has 4 rings (SSSR count). The molecule has 3 aromatic heterocycles. The van der Waals surface area contributed by atoms with Crippen LogP contribution in [0.25, 0.3) is 0 Å². The fraction of sp³-hybridized carbons (Fsp3) is 0.263. The van der Waals surface area contributed by atoms with Crippen LogP contribution >= 0.6 is 0 Å². The van der Waals surface area contributed by atoms with E-state index in [4.69, 9.17) is 4.42 Å². The minimum Gasteiger partial charge on any atom is -0.467 e. The van der Waals surface area contributed by atoms with Crippen molar-refractivity contribution in [1.82, 2.24) is 20.3 Å². The van der Waals surface area contributed by atoms with Crippen molar-refractivity contribution in [2.24, 2.45) is 0 Å². The van der Waals surface area contributed by atoms with Crippen LogP contribution in [-0.2, 0) is 6.54 Å². The summed E-state index contributed by atoms with van der Waals surface area (Å²) in [5.74, 6) is 2.00. The summed E-state index contributed by atoms with van der Waals surface area (Å²) in [5, 5.41) is 2.80. The topological polar surface area (TPSA) is 87.4 Å². The van der Waals surface area contributed by atoms with Gasteiger partial charge in [0.2, 0.25) is 5.95 Å². The van der Waals surface area contributed by atoms with Crippen LogP contribution in [0, 0.1) is 0 Å². The lowest BCUT2D eigenvalue weighted by Gasteiger charge is -2.35. The smallest absolute Gasteiger partial charge is 0.270 e. The molecular formula is C19H20N6O2. The van der Waals surface area contributed by atoms with Crippen molar-refractivity contribution < 1.29 is 9.21 Å². The molecule has 1 N–H and O–H groups in total. The molecule has 1 fully saturated rings. The Morgan fingerprint density at radius 3 is 2.59 bits per heavy atom. The Labute approximate surface area is 156 Å². The van der Waals surface area contributed by atoms with Gasteiger partial charge in [0.1, 0.15) is 17.3 Å². The normalized spacial score (nSPS) is 14.2. The van der Waals surface area contributed by atoms with Crippen LogP contribution in [-0.4, -0.2) is 47.0 Å². The van der Waals surface area contributed by atoms with Crippen LogP contribution in [0.2, 0.25) is 0 Å². The monoisotopic (exact) mass is 364 g/mol. The summed E-state index contributed by atoms with van der Waals surface area (Å²) < 4.78 is 5.22. The molecule has 0 unspecified atom stereocenters. The summed E-state index contributed by atoms with van der Waals surface area (Å²) in [4.78, 5) is 29.8. The van der Waals surface area contributed by atoms with Gasteiger partial charge in [-0.2, -0.15) is 0 Å². The molecule has 4 heterocycles. The van der Waals surface area contributed by atoms with Gasteiger partial charge in [-0.15, -0.1) is 0 Å². The second-order valence-electron chi connectivity index (χ2n) is 6.17. The Bertz CT molecular complexity index is 876. The highest BCUT2D eigenvalue weighted by molar-refractivity contribution is 5.92. The highest BCUT2D eigenvalue weighted by Gasteiger charge is 2.20. The molecular weight excluding hydrogens is 344 g/mol. The summed E-state index contributed by atoms with van der Waals surface area (Å²) in [5.41, 5.74) is 0.346. The maximum Gasteiger partial charge on any atom is 0.270 e. The lowest BCUT2D eigenvalue weighted by molar-refractivity contribution is 0.0943. The third kappa shape index (κ3) is 4.05. The van der Waals surface area contributed by atoms with Crippen LogP contribution in [0.15, 0.2) is 59.5 Å². The van der Waals surface area contributed by atoms with Gasteiger partial charge >= 0.3 is 0 Å². The van der Waals surface area contributed by atoms with Crippen LogP contribution in [0.1, 0.15) is 16.2 Å². The lowest BCUT2D eigenvalue weighted by Crippen LogP contribution is -2.47. The first-order chi connectivity index (χ1) is 13.3. The van der Waals surface area contributed by atoms with Gasteiger partial charge in [-0.3, -0.25) is 4.79 Å². The van der Waals surface area contributed by atoms with Gasteiger partial charge in [-0.05, 0) is 30.3 Å².